The van der Waals surface area contributed by atoms with E-state index in [1.165, 1.54) is 28.3 Å². The maximum atomic E-state index is 13.9. The second kappa shape index (κ2) is 11.9. The molecule has 1 aromatic carbocycles. The van der Waals surface area contributed by atoms with Crippen molar-refractivity contribution >= 4 is 50.8 Å². The van der Waals surface area contributed by atoms with Gasteiger partial charge in [-0.2, -0.15) is 0 Å². The summed E-state index contributed by atoms with van der Waals surface area (Å²) < 4.78 is 17.6. The summed E-state index contributed by atoms with van der Waals surface area (Å²) in [6.07, 6.45) is 5.50. The van der Waals surface area contributed by atoms with Crippen LogP contribution in [0.1, 0.15) is 48.5 Å². The van der Waals surface area contributed by atoms with Crippen molar-refractivity contribution in [1.29, 1.82) is 5.41 Å². The lowest BCUT2D eigenvalue weighted by molar-refractivity contribution is 0.102. The lowest BCUT2D eigenvalue weighted by atomic mass is 10.1. The zero-order chi connectivity index (χ0) is 27.4. The van der Waals surface area contributed by atoms with Crippen molar-refractivity contribution in [3.8, 4) is 0 Å². The molecule has 200 valence electrons. The van der Waals surface area contributed by atoms with Gasteiger partial charge in [0.05, 0.1) is 10.9 Å². The molecule has 0 saturated heterocycles. The van der Waals surface area contributed by atoms with Gasteiger partial charge in [0, 0.05) is 18.5 Å². The van der Waals surface area contributed by atoms with Gasteiger partial charge in [-0.3, -0.25) is 24.7 Å². The van der Waals surface area contributed by atoms with Gasteiger partial charge >= 0.3 is 0 Å². The highest BCUT2D eigenvalue weighted by atomic mass is 32.2. The molecule has 4 heterocycles. The van der Waals surface area contributed by atoms with E-state index in [0.717, 1.165) is 37.0 Å². The largest absolute Gasteiger partial charge is 0.310 e. The summed E-state index contributed by atoms with van der Waals surface area (Å²) in [5.74, 6) is -0.480. The summed E-state index contributed by atoms with van der Waals surface area (Å²) in [5.41, 5.74) is 1.12. The van der Waals surface area contributed by atoms with E-state index in [1.54, 1.807) is 47.2 Å². The van der Waals surface area contributed by atoms with E-state index in [1.807, 2.05) is 0 Å². The van der Waals surface area contributed by atoms with Crippen LogP contribution in [0.2, 0.25) is 0 Å². The average Bonchev–Trinajstić information content (AvgIpc) is 3.38. The normalized spacial score (nSPS) is 11.3. The van der Waals surface area contributed by atoms with Gasteiger partial charge in [0.25, 0.3) is 11.5 Å². The number of pyridine rings is 2. The molecule has 0 radical (unpaired) electrons. The third-order valence-electron chi connectivity index (χ3n) is 6.23. The van der Waals surface area contributed by atoms with Crippen LogP contribution in [0.25, 0.3) is 16.7 Å². The molecule has 5 aromatic rings. The van der Waals surface area contributed by atoms with Crippen molar-refractivity contribution < 1.29 is 9.18 Å². The lowest BCUT2D eigenvalue weighted by Crippen LogP contribution is -2.32. The van der Waals surface area contributed by atoms with Crippen molar-refractivity contribution in [3.63, 3.8) is 0 Å². The summed E-state index contributed by atoms with van der Waals surface area (Å²) in [5, 5.41) is 20.2. The number of carbonyl (C=O) groups excluding carboxylic acids is 1. The van der Waals surface area contributed by atoms with Crippen LogP contribution in [0.3, 0.4) is 0 Å². The number of hydrogen-bond acceptors (Lipinski definition) is 8. The standard InChI is InChI=1S/C27H26FN7O2S2/c1-2-3-4-8-14-35-22(29)18(15-19-23(35)30-21-12-7-9-13-34(21)25(19)37)24(36)31-26-32-33-27(39-26)38-16-17-10-5-6-11-20(17)28/h5-7,9-13,15,29H,2-4,8,14,16H2,1H3,(H,31,32,36). The second-order valence-electron chi connectivity index (χ2n) is 8.91. The predicted octanol–water partition coefficient (Wildman–Crippen LogP) is 5.24. The van der Waals surface area contributed by atoms with E-state index in [4.69, 9.17) is 5.41 Å². The van der Waals surface area contributed by atoms with E-state index in [0.29, 0.717) is 33.5 Å². The number of fused-ring (bicyclic) bond motifs is 2. The van der Waals surface area contributed by atoms with Gasteiger partial charge in [0.15, 0.2) is 4.34 Å². The molecule has 0 atom stereocenters. The summed E-state index contributed by atoms with van der Waals surface area (Å²) >= 11 is 2.47. The number of aryl methyl sites for hydroxylation is 1. The van der Waals surface area contributed by atoms with Crippen LogP contribution in [-0.2, 0) is 12.3 Å². The number of halogens is 1. The van der Waals surface area contributed by atoms with Crippen molar-refractivity contribution in [2.24, 2.45) is 0 Å². The molecule has 0 fully saturated rings. The first-order valence-electron chi connectivity index (χ1n) is 12.6. The molecule has 2 N–H and O–H groups in total. The third-order valence-corrected chi connectivity index (χ3v) is 8.25. The third kappa shape index (κ3) is 5.76. The molecule has 0 aliphatic rings. The maximum absolute atomic E-state index is 13.9. The number of unbranched alkanes of at least 4 members (excludes halogenated alkanes) is 3. The van der Waals surface area contributed by atoms with E-state index >= 15 is 0 Å². The van der Waals surface area contributed by atoms with E-state index in [2.05, 4.69) is 27.4 Å². The zero-order valence-electron chi connectivity index (χ0n) is 21.2. The molecule has 12 heteroatoms. The number of nitrogens with one attached hydrogen (secondary N) is 2. The average molecular weight is 564 g/mol. The van der Waals surface area contributed by atoms with E-state index < -0.39 is 5.91 Å². The van der Waals surface area contributed by atoms with E-state index in [9.17, 15) is 14.0 Å². The van der Waals surface area contributed by atoms with Crippen molar-refractivity contribution in [1.82, 2.24) is 24.1 Å². The Morgan fingerprint density at radius 3 is 2.77 bits per heavy atom. The molecule has 0 unspecified atom stereocenters. The van der Waals surface area contributed by atoms with Crippen molar-refractivity contribution in [2.75, 3.05) is 5.32 Å². The molecule has 1 amide bonds. The number of benzene rings is 1. The fraction of sp³-hybridized carbons (Fsp3) is 0.259. The SMILES string of the molecule is CCCCCCn1c(=N)c(C(=O)Nc2nnc(SCc3ccccc3F)s2)cc2c(=O)n3ccccc3nc21. The number of anilines is 1. The molecule has 0 saturated carbocycles. The molecule has 39 heavy (non-hydrogen) atoms. The van der Waals surface area contributed by atoms with Gasteiger partial charge in [-0.1, -0.05) is 73.6 Å². The zero-order valence-corrected chi connectivity index (χ0v) is 22.8. The topological polar surface area (TPSA) is 118 Å². The van der Waals surface area contributed by atoms with Crippen LogP contribution < -0.4 is 16.4 Å². The Bertz CT molecular complexity index is 1780. The Balaban J connectivity index is 1.45. The first-order chi connectivity index (χ1) is 19.0. The number of rotatable bonds is 10. The predicted molar refractivity (Wildman–Crippen MR) is 151 cm³/mol. The Kier molecular flexibility index (Phi) is 8.13. The van der Waals surface area contributed by atoms with Gasteiger partial charge in [0.1, 0.15) is 22.6 Å². The quantitative estimate of drug-likeness (QED) is 0.104. The fourth-order valence-corrected chi connectivity index (χ4v) is 5.95. The van der Waals surface area contributed by atoms with Crippen LogP contribution in [0.15, 0.2) is 63.9 Å². The molecule has 0 spiro atoms. The Morgan fingerprint density at radius 1 is 1.13 bits per heavy atom. The molecule has 0 bridgehead atoms. The van der Waals surface area contributed by atoms with Crippen LogP contribution in [-0.4, -0.2) is 30.1 Å². The van der Waals surface area contributed by atoms with Gasteiger partial charge in [-0.25, -0.2) is 9.37 Å². The molecule has 5 rings (SSSR count). The van der Waals surface area contributed by atoms with Crippen molar-refractivity contribution in [2.45, 2.75) is 49.2 Å². The Hall–Kier alpha value is -3.90. The minimum Gasteiger partial charge on any atom is -0.310 e. The number of nitrogens with zero attached hydrogens (tertiary/aromatic N) is 5. The molecule has 0 aliphatic carbocycles. The minimum atomic E-state index is -0.566. The van der Waals surface area contributed by atoms with Crippen molar-refractivity contribution in [3.05, 3.63) is 87.5 Å². The van der Waals surface area contributed by atoms with Crippen LogP contribution >= 0.6 is 23.1 Å². The number of aromatic nitrogens is 5. The summed E-state index contributed by atoms with van der Waals surface area (Å²) in [7, 11) is 0. The monoisotopic (exact) mass is 563 g/mol. The second-order valence-corrected chi connectivity index (χ2v) is 11.1. The number of amides is 1. The molecular formula is C27H26FN7O2S2. The molecule has 9 nitrogen and oxygen atoms in total. The number of carbonyl (C=O) groups is 1. The summed E-state index contributed by atoms with van der Waals surface area (Å²) in [4.78, 5) is 31.3. The summed E-state index contributed by atoms with van der Waals surface area (Å²) in [6, 6.07) is 13.2. The Morgan fingerprint density at radius 2 is 1.95 bits per heavy atom. The van der Waals surface area contributed by atoms with Crippen LogP contribution in [0, 0.1) is 11.2 Å². The lowest BCUT2D eigenvalue weighted by Gasteiger charge is -2.14. The minimum absolute atomic E-state index is 0.0256. The van der Waals surface area contributed by atoms with Crippen LogP contribution in [0.4, 0.5) is 9.52 Å². The number of hydrogen-bond donors (Lipinski definition) is 2. The first kappa shape index (κ1) is 26.7. The number of thioether (sulfide) groups is 1. The van der Waals surface area contributed by atoms with Gasteiger partial charge < -0.3 is 4.57 Å². The van der Waals surface area contributed by atoms with Gasteiger partial charge in [0.2, 0.25) is 5.13 Å². The molecule has 0 aliphatic heterocycles. The highest BCUT2D eigenvalue weighted by Crippen LogP contribution is 2.29. The molecule has 4 aromatic heterocycles. The highest BCUT2D eigenvalue weighted by Gasteiger charge is 2.19. The fourth-order valence-electron chi connectivity index (χ4n) is 4.21. The maximum Gasteiger partial charge on any atom is 0.267 e. The van der Waals surface area contributed by atoms with Gasteiger partial charge in [-0.15, -0.1) is 10.2 Å². The van der Waals surface area contributed by atoms with Crippen LogP contribution in [0.5, 0.6) is 0 Å². The first-order valence-corrected chi connectivity index (χ1v) is 14.4. The Labute approximate surface area is 231 Å². The van der Waals surface area contributed by atoms with Gasteiger partial charge in [-0.05, 0) is 36.2 Å². The van der Waals surface area contributed by atoms with E-state index in [-0.39, 0.29) is 32.9 Å². The summed E-state index contributed by atoms with van der Waals surface area (Å²) in [6.45, 7) is 2.58. The highest BCUT2D eigenvalue weighted by molar-refractivity contribution is 8.00. The smallest absolute Gasteiger partial charge is 0.267 e. The molecular weight excluding hydrogens is 537 g/mol.